The van der Waals surface area contributed by atoms with E-state index in [2.05, 4.69) is 16.5 Å². The lowest BCUT2D eigenvalue weighted by atomic mass is 10.1. The van der Waals surface area contributed by atoms with E-state index in [9.17, 15) is 9.18 Å². The number of fused-ring (bicyclic) bond motifs is 1. The predicted octanol–water partition coefficient (Wildman–Crippen LogP) is 4.35. The molecule has 7 heteroatoms. The van der Waals surface area contributed by atoms with E-state index >= 15 is 0 Å². The number of hydrogen-bond donors (Lipinski definition) is 0. The van der Waals surface area contributed by atoms with Gasteiger partial charge >= 0.3 is 0 Å². The van der Waals surface area contributed by atoms with Crippen molar-refractivity contribution in [3.8, 4) is 0 Å². The van der Waals surface area contributed by atoms with Crippen LogP contribution in [0.15, 0.2) is 48.7 Å². The molecule has 2 aliphatic heterocycles. The van der Waals surface area contributed by atoms with Crippen molar-refractivity contribution < 1.29 is 9.18 Å². The van der Waals surface area contributed by atoms with Gasteiger partial charge in [0.1, 0.15) is 5.82 Å². The maximum absolute atomic E-state index is 14.2. The zero-order valence-electron chi connectivity index (χ0n) is 18.3. The van der Waals surface area contributed by atoms with E-state index in [1.165, 1.54) is 6.07 Å². The summed E-state index contributed by atoms with van der Waals surface area (Å²) in [7, 11) is 2.15. The summed E-state index contributed by atoms with van der Waals surface area (Å²) in [5.74, 6) is 0.388. The van der Waals surface area contributed by atoms with Crippen LogP contribution in [0.1, 0.15) is 16.8 Å². The van der Waals surface area contributed by atoms with E-state index in [4.69, 9.17) is 11.6 Å². The lowest BCUT2D eigenvalue weighted by Crippen LogP contribution is -2.49. The zero-order valence-corrected chi connectivity index (χ0v) is 19.1. The van der Waals surface area contributed by atoms with Crippen molar-refractivity contribution in [1.82, 2.24) is 14.4 Å². The summed E-state index contributed by atoms with van der Waals surface area (Å²) in [5.41, 5.74) is 2.34. The summed E-state index contributed by atoms with van der Waals surface area (Å²) >= 11 is 6.30. The van der Waals surface area contributed by atoms with Crippen molar-refractivity contribution >= 4 is 34.1 Å². The van der Waals surface area contributed by atoms with E-state index in [0.717, 1.165) is 42.5 Å². The Morgan fingerprint density at radius 3 is 2.59 bits per heavy atom. The normalized spacial score (nSPS) is 19.8. The topological polar surface area (TPSA) is 31.7 Å². The second kappa shape index (κ2) is 8.75. The summed E-state index contributed by atoms with van der Waals surface area (Å²) in [6, 6.07) is 12.6. The monoisotopic (exact) mass is 454 g/mol. The molecule has 2 aliphatic rings. The first kappa shape index (κ1) is 21.3. The van der Waals surface area contributed by atoms with Crippen LogP contribution in [0.4, 0.5) is 10.1 Å². The molecular weight excluding hydrogens is 427 g/mol. The number of carbonyl (C=O) groups excluding carboxylic acids is 1. The molecular formula is C25H28ClFN4O. The molecule has 0 unspecified atom stereocenters. The summed E-state index contributed by atoms with van der Waals surface area (Å²) in [6.45, 7) is 5.44. The Balaban J connectivity index is 1.36. The van der Waals surface area contributed by atoms with Crippen LogP contribution < -0.4 is 4.90 Å². The van der Waals surface area contributed by atoms with E-state index in [0.29, 0.717) is 42.8 Å². The van der Waals surface area contributed by atoms with Crippen molar-refractivity contribution in [1.29, 1.82) is 0 Å². The Bertz CT molecular complexity index is 1140. The van der Waals surface area contributed by atoms with Crippen LogP contribution in [0, 0.1) is 11.7 Å². The Labute approximate surface area is 193 Å². The third kappa shape index (κ3) is 4.09. The summed E-state index contributed by atoms with van der Waals surface area (Å²) in [4.78, 5) is 19.7. The summed E-state index contributed by atoms with van der Waals surface area (Å²) in [6.07, 6.45) is 3.17. The molecule has 5 nitrogen and oxygen atoms in total. The van der Waals surface area contributed by atoms with Gasteiger partial charge in [0.25, 0.3) is 5.91 Å². The highest BCUT2D eigenvalue weighted by Gasteiger charge is 2.27. The van der Waals surface area contributed by atoms with Gasteiger partial charge in [-0.1, -0.05) is 29.8 Å². The van der Waals surface area contributed by atoms with Crippen LogP contribution in [0.25, 0.3) is 10.9 Å². The van der Waals surface area contributed by atoms with Crippen LogP contribution in [0.2, 0.25) is 5.02 Å². The lowest BCUT2D eigenvalue weighted by molar-refractivity contribution is 0.0748. The Kier molecular flexibility index (Phi) is 5.82. The van der Waals surface area contributed by atoms with Gasteiger partial charge in [-0.25, -0.2) is 4.39 Å². The minimum absolute atomic E-state index is 0.0350. The van der Waals surface area contributed by atoms with Crippen LogP contribution in [0.5, 0.6) is 0 Å². The molecule has 1 aromatic heterocycles. The zero-order chi connectivity index (χ0) is 22.2. The fraction of sp³-hybridized carbons (Fsp3) is 0.400. The third-order valence-electron chi connectivity index (χ3n) is 6.78. The summed E-state index contributed by atoms with van der Waals surface area (Å²) in [5, 5.41) is 1.63. The molecule has 3 aromatic rings. The number of para-hydroxylation sites is 1. The molecule has 0 radical (unpaired) electrons. The molecule has 2 fully saturated rings. The van der Waals surface area contributed by atoms with Crippen molar-refractivity contribution in [2.45, 2.75) is 13.0 Å². The number of hydrogen-bond acceptors (Lipinski definition) is 3. The number of rotatable bonds is 4. The SMILES string of the molecule is CN1CC[C@@H](Cn2cc(C(=O)N3CCN(c4ccccc4F)CC3)c3ccc(Cl)cc32)C1. The molecule has 3 heterocycles. The number of benzene rings is 2. The smallest absolute Gasteiger partial charge is 0.256 e. The quantitative estimate of drug-likeness (QED) is 0.587. The Morgan fingerprint density at radius 1 is 1.09 bits per heavy atom. The molecule has 1 amide bonds. The van der Waals surface area contributed by atoms with Gasteiger partial charge in [-0.3, -0.25) is 4.79 Å². The number of nitrogens with zero attached hydrogens (tertiary/aromatic N) is 4. The third-order valence-corrected chi connectivity index (χ3v) is 7.01. The molecule has 1 atom stereocenters. The van der Waals surface area contributed by atoms with Gasteiger partial charge in [-0.05, 0) is 50.2 Å². The predicted molar refractivity (Wildman–Crippen MR) is 127 cm³/mol. The molecule has 0 spiro atoms. The minimum Gasteiger partial charge on any atom is -0.366 e. The first-order valence-corrected chi connectivity index (χ1v) is 11.6. The fourth-order valence-corrected chi connectivity index (χ4v) is 5.24. The summed E-state index contributed by atoms with van der Waals surface area (Å²) < 4.78 is 16.4. The van der Waals surface area contributed by atoms with Gasteiger partial charge in [0.2, 0.25) is 0 Å². The number of halogens is 2. The number of carbonyl (C=O) groups is 1. The number of aromatic nitrogens is 1. The Morgan fingerprint density at radius 2 is 1.88 bits per heavy atom. The molecule has 2 saturated heterocycles. The molecule has 0 bridgehead atoms. The highest BCUT2D eigenvalue weighted by molar-refractivity contribution is 6.31. The maximum Gasteiger partial charge on any atom is 0.256 e. The molecule has 32 heavy (non-hydrogen) atoms. The molecule has 0 N–H and O–H groups in total. The van der Waals surface area contributed by atoms with Crippen molar-refractivity contribution in [3.05, 3.63) is 65.1 Å². The van der Waals surface area contributed by atoms with E-state index in [1.807, 2.05) is 40.3 Å². The highest BCUT2D eigenvalue weighted by atomic mass is 35.5. The van der Waals surface area contributed by atoms with E-state index in [-0.39, 0.29) is 11.7 Å². The number of likely N-dealkylation sites (tertiary alicyclic amines) is 1. The van der Waals surface area contributed by atoms with E-state index < -0.39 is 0 Å². The molecule has 0 saturated carbocycles. The second-order valence-electron chi connectivity index (χ2n) is 9.00. The van der Waals surface area contributed by atoms with Gasteiger partial charge in [-0.15, -0.1) is 0 Å². The standard InChI is InChI=1S/C25H28ClFN4O/c1-28-9-8-18(15-28)16-31-17-21(20-7-6-19(26)14-24(20)31)25(32)30-12-10-29(11-13-30)23-5-3-2-4-22(23)27/h2-7,14,17-18H,8-13,15-16H2,1H3/t18-/m1/s1. The number of piperazine rings is 1. The Hall–Kier alpha value is -2.57. The number of amides is 1. The molecule has 5 rings (SSSR count). The average molecular weight is 455 g/mol. The fourth-order valence-electron chi connectivity index (χ4n) is 5.07. The number of anilines is 1. The minimum atomic E-state index is -0.218. The van der Waals surface area contributed by atoms with Crippen molar-refractivity contribution in [2.75, 3.05) is 51.2 Å². The van der Waals surface area contributed by atoms with Gasteiger partial charge < -0.3 is 19.3 Å². The molecule has 168 valence electrons. The van der Waals surface area contributed by atoms with Crippen molar-refractivity contribution in [3.63, 3.8) is 0 Å². The highest BCUT2D eigenvalue weighted by Crippen LogP contribution is 2.29. The van der Waals surface area contributed by atoms with Crippen LogP contribution in [0.3, 0.4) is 0 Å². The molecule has 2 aromatic carbocycles. The van der Waals surface area contributed by atoms with Crippen LogP contribution in [-0.2, 0) is 6.54 Å². The van der Waals surface area contributed by atoms with Crippen LogP contribution >= 0.6 is 11.6 Å². The maximum atomic E-state index is 14.2. The van der Waals surface area contributed by atoms with Gasteiger partial charge in [0, 0.05) is 55.9 Å². The lowest BCUT2D eigenvalue weighted by Gasteiger charge is -2.36. The van der Waals surface area contributed by atoms with Gasteiger partial charge in [0.15, 0.2) is 0 Å². The first-order chi connectivity index (χ1) is 15.5. The average Bonchev–Trinajstić information content (AvgIpc) is 3.37. The second-order valence-corrected chi connectivity index (χ2v) is 9.44. The van der Waals surface area contributed by atoms with E-state index in [1.54, 1.807) is 12.1 Å². The first-order valence-electron chi connectivity index (χ1n) is 11.3. The van der Waals surface area contributed by atoms with Gasteiger partial charge in [0.05, 0.1) is 16.8 Å². The van der Waals surface area contributed by atoms with Crippen molar-refractivity contribution in [2.24, 2.45) is 5.92 Å². The van der Waals surface area contributed by atoms with Crippen LogP contribution in [-0.4, -0.2) is 66.6 Å². The molecule has 0 aliphatic carbocycles. The largest absolute Gasteiger partial charge is 0.366 e. The van der Waals surface area contributed by atoms with Gasteiger partial charge in [-0.2, -0.15) is 0 Å².